The first-order valence-electron chi connectivity index (χ1n) is 6.57. The fourth-order valence-corrected chi connectivity index (χ4v) is 3.71. The van der Waals surface area contributed by atoms with E-state index in [2.05, 4.69) is 5.10 Å². The lowest BCUT2D eigenvalue weighted by molar-refractivity contribution is 0.309. The third kappa shape index (κ3) is 3.22. The van der Waals surface area contributed by atoms with Gasteiger partial charge in [0.05, 0.1) is 18.0 Å². The normalized spacial score (nSPS) is 11.6. The molecule has 1 aromatic carbocycles. The first-order chi connectivity index (χ1) is 9.86. The molecule has 1 heterocycles. The van der Waals surface area contributed by atoms with Crippen molar-refractivity contribution < 1.29 is 13.2 Å². The number of halogens is 1. The van der Waals surface area contributed by atoms with Crippen LogP contribution in [0.5, 0.6) is 5.75 Å². The van der Waals surface area contributed by atoms with Crippen molar-refractivity contribution in [1.29, 1.82) is 0 Å². The molecule has 0 aliphatic carbocycles. The van der Waals surface area contributed by atoms with Crippen LogP contribution in [0, 0.1) is 13.8 Å². The largest absolute Gasteiger partial charge is 0.492 e. The molecule has 0 spiro atoms. The number of hydrogen-bond donors (Lipinski definition) is 0. The van der Waals surface area contributed by atoms with Gasteiger partial charge in [0.15, 0.2) is 0 Å². The summed E-state index contributed by atoms with van der Waals surface area (Å²) in [5.74, 6) is 0.286. The lowest BCUT2D eigenvalue weighted by Crippen LogP contribution is -2.17. The molecule has 0 radical (unpaired) electrons. The van der Waals surface area contributed by atoms with Gasteiger partial charge in [0.1, 0.15) is 10.6 Å². The van der Waals surface area contributed by atoms with Crippen molar-refractivity contribution in [2.24, 2.45) is 0 Å². The third-order valence-corrected chi connectivity index (χ3v) is 4.78. The zero-order valence-corrected chi connectivity index (χ0v) is 13.7. The summed E-state index contributed by atoms with van der Waals surface area (Å²) in [7, 11) is -3.84. The zero-order valence-electron chi connectivity index (χ0n) is 12.1. The summed E-state index contributed by atoms with van der Waals surface area (Å²) in [6.07, 6.45) is 0.780. The van der Waals surface area contributed by atoms with E-state index in [1.54, 1.807) is 32.0 Å². The summed E-state index contributed by atoms with van der Waals surface area (Å²) >= 11 is 5.94. The molecule has 21 heavy (non-hydrogen) atoms. The number of hydrogen-bond acceptors (Lipinski definition) is 4. The van der Waals surface area contributed by atoms with Gasteiger partial charge in [-0.15, -0.1) is 0 Å². The van der Waals surface area contributed by atoms with E-state index in [1.165, 1.54) is 6.07 Å². The van der Waals surface area contributed by atoms with Crippen LogP contribution < -0.4 is 4.74 Å². The van der Waals surface area contributed by atoms with Crippen LogP contribution in [0.25, 0.3) is 0 Å². The first-order valence-corrected chi connectivity index (χ1v) is 8.39. The van der Waals surface area contributed by atoms with E-state index in [9.17, 15) is 8.42 Å². The van der Waals surface area contributed by atoms with Crippen LogP contribution in [0.15, 0.2) is 29.2 Å². The van der Waals surface area contributed by atoms with E-state index in [4.69, 9.17) is 16.3 Å². The van der Waals surface area contributed by atoms with Crippen LogP contribution >= 0.6 is 11.6 Å². The highest BCUT2D eigenvalue weighted by Crippen LogP contribution is 2.29. The quantitative estimate of drug-likeness (QED) is 0.845. The summed E-state index contributed by atoms with van der Waals surface area (Å²) in [5.41, 5.74) is 1.17. The lowest BCUT2D eigenvalue weighted by atomic mass is 10.3. The molecule has 0 aliphatic rings. The highest BCUT2D eigenvalue weighted by atomic mass is 35.5. The summed E-state index contributed by atoms with van der Waals surface area (Å²) in [6.45, 7) is 5.81. The molecule has 0 saturated heterocycles. The van der Waals surface area contributed by atoms with Gasteiger partial charge < -0.3 is 4.74 Å². The standard InChI is InChI=1S/C14H17ClN2O3S/c1-4-7-20-13-6-5-12(15)9-14(13)21(18,19)17-11(3)8-10(2)16-17/h5-6,8-9H,4,7H2,1-3H3. The van der Waals surface area contributed by atoms with Gasteiger partial charge in [-0.2, -0.15) is 17.6 Å². The fraction of sp³-hybridized carbons (Fsp3) is 0.357. The Kier molecular flexibility index (Phi) is 4.58. The highest BCUT2D eigenvalue weighted by molar-refractivity contribution is 7.90. The molecule has 7 heteroatoms. The van der Waals surface area contributed by atoms with E-state index >= 15 is 0 Å². The van der Waals surface area contributed by atoms with Crippen LogP contribution in [0.1, 0.15) is 24.7 Å². The van der Waals surface area contributed by atoms with Crippen molar-refractivity contribution >= 4 is 21.6 Å². The molecule has 5 nitrogen and oxygen atoms in total. The predicted molar refractivity (Wildman–Crippen MR) is 81.5 cm³/mol. The van der Waals surface area contributed by atoms with Gasteiger partial charge in [-0.25, -0.2) is 0 Å². The number of nitrogens with zero attached hydrogens (tertiary/aromatic N) is 2. The van der Waals surface area contributed by atoms with Gasteiger partial charge in [-0.3, -0.25) is 0 Å². The lowest BCUT2D eigenvalue weighted by Gasteiger charge is -2.13. The van der Waals surface area contributed by atoms with Gasteiger partial charge in [0, 0.05) is 5.02 Å². The van der Waals surface area contributed by atoms with Crippen LogP contribution in [0.2, 0.25) is 5.02 Å². The molecule has 114 valence electrons. The smallest absolute Gasteiger partial charge is 0.286 e. The highest BCUT2D eigenvalue weighted by Gasteiger charge is 2.25. The molecular formula is C14H17ClN2O3S. The Morgan fingerprint density at radius 2 is 2.00 bits per heavy atom. The van der Waals surface area contributed by atoms with Crippen LogP contribution in [-0.4, -0.2) is 24.2 Å². The molecule has 0 unspecified atom stereocenters. The molecular weight excluding hydrogens is 312 g/mol. The van der Waals surface area contributed by atoms with Crippen molar-refractivity contribution in [3.63, 3.8) is 0 Å². The third-order valence-electron chi connectivity index (χ3n) is 2.84. The number of aromatic nitrogens is 2. The molecule has 0 fully saturated rings. The van der Waals surface area contributed by atoms with E-state index in [0.717, 1.165) is 10.5 Å². The van der Waals surface area contributed by atoms with Gasteiger partial charge >= 0.3 is 0 Å². The Hall–Kier alpha value is -1.53. The van der Waals surface area contributed by atoms with Gasteiger partial charge in [0.2, 0.25) is 0 Å². The Morgan fingerprint density at radius 1 is 1.29 bits per heavy atom. The maximum absolute atomic E-state index is 12.8. The molecule has 0 atom stereocenters. The molecule has 0 aliphatic heterocycles. The van der Waals surface area contributed by atoms with Gasteiger partial charge in [0.25, 0.3) is 10.0 Å². The minimum atomic E-state index is -3.84. The molecule has 2 rings (SSSR count). The number of benzene rings is 1. The Bertz CT molecular complexity index is 754. The minimum Gasteiger partial charge on any atom is -0.492 e. The summed E-state index contributed by atoms with van der Waals surface area (Å²) in [6, 6.07) is 6.26. The molecule has 0 N–H and O–H groups in total. The van der Waals surface area contributed by atoms with Gasteiger partial charge in [-0.05, 0) is 44.5 Å². The van der Waals surface area contributed by atoms with Crippen molar-refractivity contribution in [3.05, 3.63) is 40.7 Å². The number of rotatable bonds is 5. The van der Waals surface area contributed by atoms with E-state index in [1.807, 2.05) is 6.92 Å². The minimum absolute atomic E-state index is 0.0228. The Balaban J connectivity index is 2.58. The molecule has 0 saturated carbocycles. The average Bonchev–Trinajstić information content (AvgIpc) is 2.77. The van der Waals surface area contributed by atoms with E-state index < -0.39 is 10.0 Å². The van der Waals surface area contributed by atoms with Crippen LogP contribution in [0.3, 0.4) is 0 Å². The second kappa shape index (κ2) is 6.07. The maximum Gasteiger partial charge on any atom is 0.286 e. The van der Waals surface area contributed by atoms with Crippen molar-refractivity contribution in [1.82, 2.24) is 9.19 Å². The maximum atomic E-state index is 12.8. The summed E-state index contributed by atoms with van der Waals surface area (Å²) in [5, 5.41) is 4.37. The molecule has 0 bridgehead atoms. The van der Waals surface area contributed by atoms with E-state index in [-0.39, 0.29) is 10.6 Å². The van der Waals surface area contributed by atoms with Gasteiger partial charge in [-0.1, -0.05) is 18.5 Å². The molecule has 1 aromatic heterocycles. The average molecular weight is 329 g/mol. The Morgan fingerprint density at radius 3 is 2.57 bits per heavy atom. The monoisotopic (exact) mass is 328 g/mol. The molecule has 0 amide bonds. The van der Waals surface area contributed by atoms with Crippen LogP contribution in [0.4, 0.5) is 0 Å². The Labute approximate surface area is 129 Å². The fourth-order valence-electron chi connectivity index (χ4n) is 1.96. The topological polar surface area (TPSA) is 61.2 Å². The first kappa shape index (κ1) is 15.9. The number of ether oxygens (including phenoxy) is 1. The van der Waals surface area contributed by atoms with Crippen molar-refractivity contribution in [2.45, 2.75) is 32.1 Å². The summed E-state index contributed by atoms with van der Waals surface area (Å²) in [4.78, 5) is 0.0228. The molecule has 2 aromatic rings. The van der Waals surface area contributed by atoms with Crippen LogP contribution in [-0.2, 0) is 10.0 Å². The summed E-state index contributed by atoms with van der Waals surface area (Å²) < 4.78 is 32.1. The predicted octanol–water partition coefficient (Wildman–Crippen LogP) is 3.18. The van der Waals surface area contributed by atoms with Crippen molar-refractivity contribution in [3.8, 4) is 5.75 Å². The zero-order chi connectivity index (χ0) is 15.6. The van der Waals surface area contributed by atoms with E-state index in [0.29, 0.717) is 23.0 Å². The second-order valence-corrected chi connectivity index (χ2v) is 6.89. The second-order valence-electron chi connectivity index (χ2n) is 4.71. The number of aryl methyl sites for hydroxylation is 2. The SMILES string of the molecule is CCCOc1ccc(Cl)cc1S(=O)(=O)n1nc(C)cc1C. The van der Waals surface area contributed by atoms with Crippen molar-refractivity contribution in [2.75, 3.05) is 6.61 Å².